The number of esters is 2. The quantitative estimate of drug-likeness (QED) is 0.651. The van der Waals surface area contributed by atoms with E-state index in [-0.39, 0.29) is 13.2 Å². The average Bonchev–Trinajstić information content (AvgIpc) is 2.75. The maximum atomic E-state index is 11.7. The highest BCUT2D eigenvalue weighted by Crippen LogP contribution is 2.07. The zero-order valence-corrected chi connectivity index (χ0v) is 10.5. The minimum atomic E-state index is -1.02. The van der Waals surface area contributed by atoms with E-state index >= 15 is 0 Å². The van der Waals surface area contributed by atoms with Gasteiger partial charge in [0.15, 0.2) is 12.1 Å². The summed E-state index contributed by atoms with van der Waals surface area (Å²) in [6.45, 7) is 4.21. The van der Waals surface area contributed by atoms with Crippen molar-refractivity contribution >= 4 is 18.0 Å². The van der Waals surface area contributed by atoms with Crippen molar-refractivity contribution < 1.29 is 23.9 Å². The predicted molar refractivity (Wildman–Crippen MR) is 61.7 cm³/mol. The molecule has 102 valence electrons. The van der Waals surface area contributed by atoms with Gasteiger partial charge in [-0.05, 0) is 12.8 Å². The molecule has 0 aliphatic carbocycles. The number of nitrogens with one attached hydrogen (secondary N) is 2. The van der Waals surface area contributed by atoms with Gasteiger partial charge in [-0.1, -0.05) is 13.8 Å². The maximum absolute atomic E-state index is 11.7. The molecule has 7 nitrogen and oxygen atoms in total. The molecule has 1 heterocycles. The molecule has 2 N–H and O–H groups in total. The molecule has 0 aromatic heterocycles. The number of urea groups is 1. The third-order valence-corrected chi connectivity index (χ3v) is 2.31. The lowest BCUT2D eigenvalue weighted by Gasteiger charge is -2.15. The summed E-state index contributed by atoms with van der Waals surface area (Å²) in [6, 6.07) is -2.62. The lowest BCUT2D eigenvalue weighted by molar-refractivity contribution is -0.153. The minimum absolute atomic E-state index is 0.252. The van der Waals surface area contributed by atoms with E-state index in [1.54, 1.807) is 0 Å². The lowest BCUT2D eigenvalue weighted by atomic mass is 10.1. The molecule has 1 aliphatic rings. The Morgan fingerprint density at radius 3 is 1.72 bits per heavy atom. The molecular formula is C11H18N2O5. The van der Waals surface area contributed by atoms with E-state index in [1.807, 2.05) is 13.8 Å². The van der Waals surface area contributed by atoms with E-state index in [9.17, 15) is 14.4 Å². The van der Waals surface area contributed by atoms with Crippen LogP contribution in [0.4, 0.5) is 4.79 Å². The normalized spacial score (nSPS) is 22.0. The Hall–Kier alpha value is -1.79. The zero-order chi connectivity index (χ0) is 13.5. The molecule has 1 saturated heterocycles. The molecule has 2 atom stereocenters. The van der Waals surface area contributed by atoms with Gasteiger partial charge in [-0.15, -0.1) is 0 Å². The highest BCUT2D eigenvalue weighted by molar-refractivity contribution is 5.96. The fourth-order valence-corrected chi connectivity index (χ4v) is 1.47. The van der Waals surface area contributed by atoms with Crippen LogP contribution in [0.5, 0.6) is 0 Å². The molecule has 0 saturated carbocycles. The summed E-state index contributed by atoms with van der Waals surface area (Å²) in [6.07, 6.45) is 1.34. The number of amides is 2. The second kappa shape index (κ2) is 6.83. The fraction of sp³-hybridized carbons (Fsp3) is 0.727. The summed E-state index contributed by atoms with van der Waals surface area (Å²) in [5.74, 6) is -1.26. The summed E-state index contributed by atoms with van der Waals surface area (Å²) in [4.78, 5) is 34.5. The lowest BCUT2D eigenvalue weighted by Crippen LogP contribution is -2.47. The van der Waals surface area contributed by atoms with Crippen LogP contribution in [0.1, 0.15) is 26.7 Å². The van der Waals surface area contributed by atoms with Crippen molar-refractivity contribution in [2.24, 2.45) is 0 Å². The number of rotatable bonds is 6. The van der Waals surface area contributed by atoms with Gasteiger partial charge in [0.05, 0.1) is 13.2 Å². The average molecular weight is 258 g/mol. The van der Waals surface area contributed by atoms with Gasteiger partial charge < -0.3 is 20.1 Å². The van der Waals surface area contributed by atoms with Crippen molar-refractivity contribution in [2.75, 3.05) is 13.2 Å². The Kier molecular flexibility index (Phi) is 5.41. The Bertz CT molecular complexity index is 301. The van der Waals surface area contributed by atoms with E-state index in [0.29, 0.717) is 12.8 Å². The van der Waals surface area contributed by atoms with Crippen LogP contribution < -0.4 is 10.6 Å². The van der Waals surface area contributed by atoms with Crippen LogP contribution in [0.2, 0.25) is 0 Å². The first kappa shape index (κ1) is 14.3. The Balaban J connectivity index is 2.60. The number of carbonyl (C=O) groups is 3. The third kappa shape index (κ3) is 3.61. The Labute approximate surface area is 105 Å². The second-order valence-corrected chi connectivity index (χ2v) is 3.91. The molecule has 2 amide bonds. The molecular weight excluding hydrogens is 240 g/mol. The monoisotopic (exact) mass is 258 g/mol. The van der Waals surface area contributed by atoms with Gasteiger partial charge in [0.1, 0.15) is 0 Å². The highest BCUT2D eigenvalue weighted by atomic mass is 16.5. The molecule has 1 rings (SSSR count). The van der Waals surface area contributed by atoms with Crippen LogP contribution >= 0.6 is 0 Å². The zero-order valence-electron chi connectivity index (χ0n) is 10.5. The molecule has 2 unspecified atom stereocenters. The standard InChI is InChI=1S/C11H18N2O5/c1-3-5-17-9(14)7-8(13-11(16)12-7)10(15)18-6-4-2/h7-8H,3-6H2,1-2H3,(H2,12,13,16). The van der Waals surface area contributed by atoms with Crippen molar-refractivity contribution in [1.82, 2.24) is 10.6 Å². The topological polar surface area (TPSA) is 93.7 Å². The Morgan fingerprint density at radius 1 is 1.00 bits per heavy atom. The molecule has 7 heteroatoms. The van der Waals surface area contributed by atoms with Crippen molar-refractivity contribution in [3.8, 4) is 0 Å². The van der Waals surface area contributed by atoms with Crippen molar-refractivity contribution in [1.29, 1.82) is 0 Å². The molecule has 0 radical (unpaired) electrons. The number of hydrogen-bond acceptors (Lipinski definition) is 5. The molecule has 0 aromatic carbocycles. The minimum Gasteiger partial charge on any atom is -0.464 e. The van der Waals surface area contributed by atoms with Gasteiger partial charge in [-0.2, -0.15) is 0 Å². The van der Waals surface area contributed by atoms with Gasteiger partial charge in [-0.3, -0.25) is 0 Å². The first-order valence-corrected chi connectivity index (χ1v) is 6.00. The van der Waals surface area contributed by atoms with Crippen LogP contribution in [0.3, 0.4) is 0 Å². The van der Waals surface area contributed by atoms with Crippen LogP contribution in [0.25, 0.3) is 0 Å². The van der Waals surface area contributed by atoms with Gasteiger partial charge >= 0.3 is 18.0 Å². The molecule has 0 bridgehead atoms. The first-order valence-electron chi connectivity index (χ1n) is 6.00. The smallest absolute Gasteiger partial charge is 0.331 e. The third-order valence-electron chi connectivity index (χ3n) is 2.31. The molecule has 1 aliphatic heterocycles. The number of carbonyl (C=O) groups excluding carboxylic acids is 3. The SMILES string of the molecule is CCCOC(=O)C1NC(=O)NC1C(=O)OCCC. The second-order valence-electron chi connectivity index (χ2n) is 3.91. The van der Waals surface area contributed by atoms with Crippen LogP contribution in [0.15, 0.2) is 0 Å². The molecule has 0 spiro atoms. The fourth-order valence-electron chi connectivity index (χ4n) is 1.47. The Morgan fingerprint density at radius 2 is 1.39 bits per heavy atom. The van der Waals surface area contributed by atoms with Crippen molar-refractivity contribution in [3.63, 3.8) is 0 Å². The number of hydrogen-bond donors (Lipinski definition) is 2. The van der Waals surface area contributed by atoms with Crippen molar-refractivity contribution in [2.45, 2.75) is 38.8 Å². The maximum Gasteiger partial charge on any atom is 0.331 e. The van der Waals surface area contributed by atoms with Crippen LogP contribution in [-0.2, 0) is 19.1 Å². The number of ether oxygens (including phenoxy) is 2. The van der Waals surface area contributed by atoms with Gasteiger partial charge in [0.25, 0.3) is 0 Å². The molecule has 0 aromatic rings. The van der Waals surface area contributed by atoms with Gasteiger partial charge in [-0.25, -0.2) is 14.4 Å². The summed E-state index contributed by atoms with van der Waals surface area (Å²) in [7, 11) is 0. The molecule has 1 fully saturated rings. The summed E-state index contributed by atoms with van der Waals surface area (Å²) in [5.41, 5.74) is 0. The van der Waals surface area contributed by atoms with E-state index < -0.39 is 30.1 Å². The van der Waals surface area contributed by atoms with E-state index in [2.05, 4.69) is 10.6 Å². The van der Waals surface area contributed by atoms with E-state index in [1.165, 1.54) is 0 Å². The summed E-state index contributed by atoms with van der Waals surface area (Å²) in [5, 5.41) is 4.69. The molecule has 18 heavy (non-hydrogen) atoms. The highest BCUT2D eigenvalue weighted by Gasteiger charge is 2.43. The largest absolute Gasteiger partial charge is 0.464 e. The van der Waals surface area contributed by atoms with Crippen molar-refractivity contribution in [3.05, 3.63) is 0 Å². The van der Waals surface area contributed by atoms with Gasteiger partial charge in [0, 0.05) is 0 Å². The predicted octanol–water partition coefficient (Wildman–Crippen LogP) is -0.0572. The first-order chi connectivity index (χ1) is 8.60. The van der Waals surface area contributed by atoms with Crippen LogP contribution in [-0.4, -0.2) is 43.3 Å². The summed E-state index contributed by atoms with van der Waals surface area (Å²) < 4.78 is 9.81. The van der Waals surface area contributed by atoms with Gasteiger partial charge in [0.2, 0.25) is 0 Å². The van der Waals surface area contributed by atoms with E-state index in [0.717, 1.165) is 0 Å². The summed E-state index contributed by atoms with van der Waals surface area (Å²) >= 11 is 0. The van der Waals surface area contributed by atoms with Crippen LogP contribution in [0, 0.1) is 0 Å². The van der Waals surface area contributed by atoms with E-state index in [4.69, 9.17) is 9.47 Å².